The van der Waals surface area contributed by atoms with E-state index in [0.717, 1.165) is 47.7 Å². The van der Waals surface area contributed by atoms with Crippen LogP contribution >= 0.6 is 0 Å². The van der Waals surface area contributed by atoms with Crippen molar-refractivity contribution in [1.82, 2.24) is 9.88 Å². The Hall–Kier alpha value is -2.33. The molecule has 1 aromatic heterocycles. The molecule has 0 saturated heterocycles. The minimum Gasteiger partial charge on any atom is -0.507 e. The largest absolute Gasteiger partial charge is 0.507 e. The molecule has 2 aromatic carbocycles. The summed E-state index contributed by atoms with van der Waals surface area (Å²) in [5.74, 6) is 0.404. The van der Waals surface area contributed by atoms with Crippen LogP contribution in [-0.4, -0.2) is 22.1 Å². The fraction of sp³-hybridized carbons (Fsp3) is 0.278. The lowest BCUT2D eigenvalue weighted by Gasteiger charge is -2.22. The topological polar surface area (TPSA) is 54.3 Å². The maximum absolute atomic E-state index is 12.5. The number of fused-ring (bicyclic) bond motifs is 5. The number of carbonyl (C=O) groups excluding carboxylic acids is 1. The third-order valence-electron chi connectivity index (χ3n) is 5.04. The van der Waals surface area contributed by atoms with Crippen LogP contribution in [0.2, 0.25) is 0 Å². The van der Waals surface area contributed by atoms with Crippen molar-refractivity contribution >= 4 is 27.7 Å². The lowest BCUT2D eigenvalue weighted by molar-refractivity contribution is 0.0908. The SMILES string of the molecule is O=C1CCc2cc3c(c4c5c(O)cccc5n1c24)CCNC3. The van der Waals surface area contributed by atoms with Gasteiger partial charge in [0.2, 0.25) is 5.91 Å². The molecule has 0 atom stereocenters. The van der Waals surface area contributed by atoms with Crippen molar-refractivity contribution in [3.8, 4) is 5.75 Å². The third kappa shape index (κ3) is 1.38. The first-order valence-corrected chi connectivity index (χ1v) is 7.79. The molecule has 0 unspecified atom stereocenters. The summed E-state index contributed by atoms with van der Waals surface area (Å²) in [5.41, 5.74) is 5.69. The predicted molar refractivity (Wildman–Crippen MR) is 85.5 cm³/mol. The second kappa shape index (κ2) is 4.11. The van der Waals surface area contributed by atoms with E-state index in [-0.39, 0.29) is 11.7 Å². The highest BCUT2D eigenvalue weighted by Gasteiger charge is 2.28. The number of phenolic OH excluding ortho intramolecular Hbond substituents is 1. The molecule has 4 nitrogen and oxygen atoms in total. The second-order valence-electron chi connectivity index (χ2n) is 6.22. The van der Waals surface area contributed by atoms with E-state index in [1.54, 1.807) is 6.07 Å². The Morgan fingerprint density at radius 2 is 2.00 bits per heavy atom. The van der Waals surface area contributed by atoms with Gasteiger partial charge < -0.3 is 10.4 Å². The minimum atomic E-state index is 0.131. The Balaban J connectivity index is 2.10. The molecule has 0 aliphatic carbocycles. The zero-order valence-corrected chi connectivity index (χ0v) is 12.1. The van der Waals surface area contributed by atoms with Crippen LogP contribution in [-0.2, 0) is 19.4 Å². The summed E-state index contributed by atoms with van der Waals surface area (Å²) in [6.07, 6.45) is 2.27. The van der Waals surface area contributed by atoms with Gasteiger partial charge >= 0.3 is 0 Å². The zero-order chi connectivity index (χ0) is 14.8. The summed E-state index contributed by atoms with van der Waals surface area (Å²) in [4.78, 5) is 12.5. The average molecular weight is 292 g/mol. The van der Waals surface area contributed by atoms with E-state index >= 15 is 0 Å². The van der Waals surface area contributed by atoms with Gasteiger partial charge in [-0.1, -0.05) is 12.1 Å². The first-order chi connectivity index (χ1) is 10.8. The van der Waals surface area contributed by atoms with Crippen LogP contribution in [0.4, 0.5) is 0 Å². The van der Waals surface area contributed by atoms with Gasteiger partial charge in [-0.25, -0.2) is 0 Å². The summed E-state index contributed by atoms with van der Waals surface area (Å²) in [6, 6.07) is 7.72. The van der Waals surface area contributed by atoms with E-state index in [0.29, 0.717) is 6.42 Å². The van der Waals surface area contributed by atoms with Crippen molar-refractivity contribution in [3.05, 3.63) is 41.0 Å². The number of aryl methyl sites for hydroxylation is 1. The van der Waals surface area contributed by atoms with Crippen molar-refractivity contribution in [2.45, 2.75) is 25.8 Å². The number of rotatable bonds is 0. The molecule has 22 heavy (non-hydrogen) atoms. The molecule has 0 saturated carbocycles. The molecule has 3 heterocycles. The van der Waals surface area contributed by atoms with Crippen LogP contribution in [0.15, 0.2) is 24.3 Å². The maximum atomic E-state index is 12.5. The van der Waals surface area contributed by atoms with Crippen molar-refractivity contribution in [2.75, 3.05) is 6.54 Å². The van der Waals surface area contributed by atoms with E-state index in [9.17, 15) is 9.90 Å². The number of carbonyl (C=O) groups is 1. The number of hydrogen-bond donors (Lipinski definition) is 2. The summed E-state index contributed by atoms with van der Waals surface area (Å²) in [6.45, 7) is 1.81. The molecular weight excluding hydrogens is 276 g/mol. The van der Waals surface area contributed by atoms with Crippen LogP contribution in [0.3, 0.4) is 0 Å². The number of nitrogens with zero attached hydrogens (tertiary/aromatic N) is 1. The Morgan fingerprint density at radius 1 is 1.09 bits per heavy atom. The second-order valence-corrected chi connectivity index (χ2v) is 6.22. The van der Waals surface area contributed by atoms with Gasteiger partial charge in [-0.3, -0.25) is 9.36 Å². The molecule has 0 bridgehead atoms. The lowest BCUT2D eigenvalue weighted by atomic mass is 9.90. The average Bonchev–Trinajstić information content (AvgIpc) is 2.89. The number of phenols is 1. The molecule has 0 amide bonds. The van der Waals surface area contributed by atoms with Crippen molar-refractivity contribution in [2.24, 2.45) is 0 Å². The number of benzene rings is 2. The Labute approximate surface area is 127 Å². The number of aromatic nitrogens is 1. The molecule has 2 N–H and O–H groups in total. The van der Waals surface area contributed by atoms with Gasteiger partial charge in [0.05, 0.1) is 16.4 Å². The van der Waals surface area contributed by atoms with Crippen molar-refractivity contribution in [3.63, 3.8) is 0 Å². The summed E-state index contributed by atoms with van der Waals surface area (Å²) < 4.78 is 1.82. The van der Waals surface area contributed by atoms with Gasteiger partial charge in [-0.05, 0) is 48.2 Å². The van der Waals surface area contributed by atoms with Gasteiger partial charge in [-0.2, -0.15) is 0 Å². The summed E-state index contributed by atoms with van der Waals surface area (Å²) in [7, 11) is 0. The van der Waals surface area contributed by atoms with E-state index in [2.05, 4.69) is 11.4 Å². The molecule has 0 spiro atoms. The normalized spacial score (nSPS) is 17.2. The third-order valence-corrected chi connectivity index (χ3v) is 5.04. The molecule has 0 radical (unpaired) electrons. The highest BCUT2D eigenvalue weighted by Crippen LogP contribution is 2.42. The summed E-state index contributed by atoms with van der Waals surface area (Å²) in [5, 5.41) is 15.8. The minimum absolute atomic E-state index is 0.131. The number of aromatic hydroxyl groups is 1. The number of nitrogens with one attached hydrogen (secondary N) is 1. The molecule has 110 valence electrons. The Bertz CT molecular complexity index is 969. The van der Waals surface area contributed by atoms with Crippen LogP contribution in [0.25, 0.3) is 21.8 Å². The highest BCUT2D eigenvalue weighted by molar-refractivity contribution is 6.18. The Kier molecular flexibility index (Phi) is 2.29. The van der Waals surface area contributed by atoms with Gasteiger partial charge in [0.1, 0.15) is 5.75 Å². The quantitative estimate of drug-likeness (QED) is 0.670. The monoisotopic (exact) mass is 292 g/mol. The molecule has 5 rings (SSSR count). The smallest absolute Gasteiger partial charge is 0.231 e. The number of hydrogen-bond acceptors (Lipinski definition) is 3. The van der Waals surface area contributed by atoms with Crippen LogP contribution in [0.1, 0.15) is 27.9 Å². The molecule has 3 aromatic rings. The molecular formula is C18H16N2O2. The van der Waals surface area contributed by atoms with Gasteiger partial charge in [0.25, 0.3) is 0 Å². The Morgan fingerprint density at radius 3 is 2.91 bits per heavy atom. The van der Waals surface area contributed by atoms with Gasteiger partial charge in [0.15, 0.2) is 0 Å². The van der Waals surface area contributed by atoms with Gasteiger partial charge in [0, 0.05) is 18.4 Å². The van der Waals surface area contributed by atoms with E-state index in [1.165, 1.54) is 16.7 Å². The zero-order valence-electron chi connectivity index (χ0n) is 12.1. The van der Waals surface area contributed by atoms with Crippen LogP contribution in [0, 0.1) is 0 Å². The summed E-state index contributed by atoms with van der Waals surface area (Å²) >= 11 is 0. The highest BCUT2D eigenvalue weighted by atomic mass is 16.3. The first-order valence-electron chi connectivity index (χ1n) is 7.79. The standard InChI is InChI=1S/C18H16N2O2/c21-14-3-1-2-13-17(14)16-12-6-7-19-9-11(12)8-10-4-5-15(22)20(13)18(10)16/h1-3,8,19,21H,4-7,9H2. The molecule has 4 heteroatoms. The van der Waals surface area contributed by atoms with Crippen LogP contribution < -0.4 is 5.32 Å². The fourth-order valence-corrected chi connectivity index (χ4v) is 4.13. The maximum Gasteiger partial charge on any atom is 0.231 e. The fourth-order valence-electron chi connectivity index (χ4n) is 4.13. The van der Waals surface area contributed by atoms with E-state index < -0.39 is 0 Å². The van der Waals surface area contributed by atoms with Gasteiger partial charge in [-0.15, -0.1) is 0 Å². The molecule has 2 aliphatic heterocycles. The van der Waals surface area contributed by atoms with E-state index in [1.807, 2.05) is 16.7 Å². The van der Waals surface area contributed by atoms with E-state index in [4.69, 9.17) is 0 Å². The van der Waals surface area contributed by atoms with Crippen molar-refractivity contribution in [1.29, 1.82) is 0 Å². The predicted octanol–water partition coefficient (Wildman–Crippen LogP) is 2.73. The van der Waals surface area contributed by atoms with Crippen molar-refractivity contribution < 1.29 is 9.90 Å². The first kappa shape index (κ1) is 12.2. The van der Waals surface area contributed by atoms with Crippen LogP contribution in [0.5, 0.6) is 5.75 Å². The molecule has 2 aliphatic rings. The molecule has 0 fully saturated rings. The lowest BCUT2D eigenvalue weighted by Crippen LogP contribution is -2.25.